The van der Waals surface area contributed by atoms with Gasteiger partial charge in [-0.2, -0.15) is 0 Å². The molecule has 0 aliphatic carbocycles. The Hall–Kier alpha value is -0.100. The van der Waals surface area contributed by atoms with Crippen LogP contribution in [0.25, 0.3) is 0 Å². The predicted octanol–water partition coefficient (Wildman–Crippen LogP) is 1.32. The molecule has 0 saturated carbocycles. The Bertz CT molecular complexity index is 395. The summed E-state index contributed by atoms with van der Waals surface area (Å²) in [5, 5.41) is -0.350. The fraction of sp³-hybridized carbons (Fsp3) is 1.00. The van der Waals surface area contributed by atoms with Gasteiger partial charge < -0.3 is 0 Å². The van der Waals surface area contributed by atoms with Crippen molar-refractivity contribution in [1.82, 2.24) is 0 Å². The molecule has 15 heavy (non-hydrogen) atoms. The minimum absolute atomic E-state index is 0.116. The monoisotopic (exact) mass is 255 g/mol. The minimum Gasteiger partial charge on any atom is -0.250 e. The summed E-state index contributed by atoms with van der Waals surface area (Å²) in [4.78, 5) is 0. The van der Waals surface area contributed by atoms with Gasteiger partial charge in [0.1, 0.15) is 0 Å². The van der Waals surface area contributed by atoms with E-state index in [4.69, 9.17) is 0 Å². The van der Waals surface area contributed by atoms with Crippen LogP contribution >= 0.6 is 0 Å². The van der Waals surface area contributed by atoms with E-state index in [9.17, 15) is 12.6 Å². The van der Waals surface area contributed by atoms with Crippen LogP contribution in [0.1, 0.15) is 27.2 Å². The molecule has 0 aromatic carbocycles. The number of nitrogens with zero attached hydrogens (tertiary/aromatic N) is 1. The topological polar surface area (TPSA) is 63.6 Å². The van der Waals surface area contributed by atoms with Gasteiger partial charge in [0, 0.05) is 22.2 Å². The first kappa shape index (κ1) is 14.9. The highest BCUT2D eigenvalue weighted by Gasteiger charge is 2.17. The summed E-state index contributed by atoms with van der Waals surface area (Å²) < 4.78 is 38.3. The van der Waals surface area contributed by atoms with Gasteiger partial charge in [-0.15, -0.1) is 0 Å². The van der Waals surface area contributed by atoms with Gasteiger partial charge in [0.25, 0.3) is 0 Å². The molecule has 0 aromatic heterocycles. The first-order valence-corrected chi connectivity index (χ1v) is 8.97. The van der Waals surface area contributed by atoms with E-state index in [-0.39, 0.29) is 17.0 Å². The van der Waals surface area contributed by atoms with Crippen LogP contribution in [-0.4, -0.2) is 42.2 Å². The SMILES string of the molecule is CC(CCS(=O)(=O)C(C)C)N=S(C)(C)=O. The van der Waals surface area contributed by atoms with E-state index in [2.05, 4.69) is 4.36 Å². The third-order valence-electron chi connectivity index (χ3n) is 1.97. The molecular formula is C9H21NO3S2. The molecule has 0 heterocycles. The standard InChI is InChI=1S/C9H21NO3S2/c1-8(2)15(12,13)7-6-9(3)10-14(4,5)11/h8-9H,6-7H2,1-5H3. The number of hydrogen-bond acceptors (Lipinski definition) is 4. The fourth-order valence-electron chi connectivity index (χ4n) is 1.06. The van der Waals surface area contributed by atoms with Gasteiger partial charge >= 0.3 is 0 Å². The van der Waals surface area contributed by atoms with Gasteiger partial charge in [0.15, 0.2) is 9.84 Å². The maximum atomic E-state index is 11.5. The normalized spacial score (nSPS) is 15.3. The molecule has 0 N–H and O–H groups in total. The first-order chi connectivity index (χ1) is 6.54. The van der Waals surface area contributed by atoms with Crippen molar-refractivity contribution in [1.29, 1.82) is 0 Å². The second-order valence-electron chi connectivity index (χ2n) is 4.34. The summed E-state index contributed by atoms with van der Waals surface area (Å²) in [5.74, 6) is 0.116. The van der Waals surface area contributed by atoms with Crippen LogP contribution in [0, 0.1) is 0 Å². The van der Waals surface area contributed by atoms with E-state index in [1.807, 2.05) is 0 Å². The first-order valence-electron chi connectivity index (χ1n) is 4.92. The lowest BCUT2D eigenvalue weighted by Crippen LogP contribution is -2.20. The van der Waals surface area contributed by atoms with Crippen molar-refractivity contribution in [3.8, 4) is 0 Å². The molecule has 0 bridgehead atoms. The summed E-state index contributed by atoms with van der Waals surface area (Å²) in [6.45, 7) is 5.13. The maximum Gasteiger partial charge on any atom is 0.152 e. The Kier molecular flexibility index (Phi) is 5.26. The molecule has 0 rings (SSSR count). The smallest absolute Gasteiger partial charge is 0.152 e. The van der Waals surface area contributed by atoms with Gasteiger partial charge in [-0.1, -0.05) is 0 Å². The van der Waals surface area contributed by atoms with Crippen LogP contribution < -0.4 is 0 Å². The zero-order valence-electron chi connectivity index (χ0n) is 10.1. The quantitative estimate of drug-likeness (QED) is 0.744. The predicted molar refractivity (Wildman–Crippen MR) is 65.4 cm³/mol. The van der Waals surface area contributed by atoms with Crippen LogP contribution in [0.5, 0.6) is 0 Å². The maximum absolute atomic E-state index is 11.5. The second-order valence-corrected chi connectivity index (χ2v) is 9.59. The molecule has 0 aromatic rings. The molecule has 0 aliphatic rings. The van der Waals surface area contributed by atoms with Crippen molar-refractivity contribution in [2.24, 2.45) is 4.36 Å². The lowest BCUT2D eigenvalue weighted by molar-refractivity contribution is 0.579. The Morgan fingerprint density at radius 1 is 1.07 bits per heavy atom. The molecule has 1 atom stereocenters. The van der Waals surface area contributed by atoms with E-state index >= 15 is 0 Å². The molecule has 0 radical (unpaired) electrons. The Morgan fingerprint density at radius 2 is 1.53 bits per heavy atom. The van der Waals surface area contributed by atoms with E-state index in [1.165, 1.54) is 0 Å². The average molecular weight is 255 g/mol. The summed E-state index contributed by atoms with van der Waals surface area (Å²) >= 11 is 0. The Morgan fingerprint density at radius 3 is 1.87 bits per heavy atom. The lowest BCUT2D eigenvalue weighted by atomic mass is 10.3. The molecule has 0 aliphatic heterocycles. The number of sulfone groups is 1. The molecule has 4 nitrogen and oxygen atoms in total. The van der Waals surface area contributed by atoms with Gasteiger partial charge in [-0.3, -0.25) is 4.21 Å². The molecule has 1 unspecified atom stereocenters. The zero-order chi connectivity index (χ0) is 12.3. The second kappa shape index (κ2) is 5.30. The van der Waals surface area contributed by atoms with Crippen molar-refractivity contribution in [2.45, 2.75) is 38.5 Å². The van der Waals surface area contributed by atoms with Crippen molar-refractivity contribution in [2.75, 3.05) is 18.3 Å². The number of hydrogen-bond donors (Lipinski definition) is 0. The summed E-state index contributed by atoms with van der Waals surface area (Å²) in [6, 6.07) is -0.166. The largest absolute Gasteiger partial charge is 0.250 e. The van der Waals surface area contributed by atoms with Crippen LogP contribution in [-0.2, 0) is 19.6 Å². The molecule has 6 heteroatoms. The highest BCUT2D eigenvalue weighted by atomic mass is 32.2. The van der Waals surface area contributed by atoms with Crippen molar-refractivity contribution in [3.63, 3.8) is 0 Å². The minimum atomic E-state index is -3.00. The van der Waals surface area contributed by atoms with E-state index in [1.54, 1.807) is 33.3 Å². The van der Waals surface area contributed by atoms with Crippen molar-refractivity contribution in [3.05, 3.63) is 0 Å². The molecule has 0 spiro atoms. The molecule has 0 saturated heterocycles. The van der Waals surface area contributed by atoms with Crippen LogP contribution in [0.15, 0.2) is 4.36 Å². The van der Waals surface area contributed by atoms with Gasteiger partial charge in [-0.05, 0) is 27.2 Å². The van der Waals surface area contributed by atoms with Crippen LogP contribution in [0.3, 0.4) is 0 Å². The third kappa shape index (κ3) is 6.89. The molecular weight excluding hydrogens is 234 g/mol. The molecule has 0 amide bonds. The summed E-state index contributed by atoms with van der Waals surface area (Å²) in [7, 11) is -5.13. The molecule has 92 valence electrons. The van der Waals surface area contributed by atoms with E-state index in [0.717, 1.165) is 0 Å². The van der Waals surface area contributed by atoms with Crippen molar-refractivity contribution >= 4 is 19.6 Å². The van der Waals surface area contributed by atoms with Crippen molar-refractivity contribution < 1.29 is 12.6 Å². The van der Waals surface area contributed by atoms with Gasteiger partial charge in [0.2, 0.25) is 0 Å². The van der Waals surface area contributed by atoms with Crippen LogP contribution in [0.4, 0.5) is 0 Å². The van der Waals surface area contributed by atoms with E-state index < -0.39 is 19.6 Å². The lowest BCUT2D eigenvalue weighted by Gasteiger charge is -2.10. The fourth-order valence-corrected chi connectivity index (χ4v) is 3.17. The van der Waals surface area contributed by atoms with Crippen LogP contribution in [0.2, 0.25) is 0 Å². The van der Waals surface area contributed by atoms with E-state index in [0.29, 0.717) is 6.42 Å². The van der Waals surface area contributed by atoms with Gasteiger partial charge in [0.05, 0.1) is 17.0 Å². The zero-order valence-corrected chi connectivity index (χ0v) is 11.7. The van der Waals surface area contributed by atoms with Gasteiger partial charge in [-0.25, -0.2) is 12.8 Å². The summed E-state index contributed by atoms with van der Waals surface area (Å²) in [5.41, 5.74) is 0. The third-order valence-corrected chi connectivity index (χ3v) is 5.08. The Balaban J connectivity index is 4.39. The highest BCUT2D eigenvalue weighted by molar-refractivity contribution is 7.92. The highest BCUT2D eigenvalue weighted by Crippen LogP contribution is 2.07. The molecule has 0 fully saturated rings. The average Bonchev–Trinajstić information content (AvgIpc) is 1.97. The number of rotatable bonds is 5. The summed E-state index contributed by atoms with van der Waals surface area (Å²) in [6.07, 6.45) is 3.56. The Labute approximate surface area is 93.6 Å².